The molecule has 0 aliphatic rings. The highest BCUT2D eigenvalue weighted by molar-refractivity contribution is 7.15. The Kier molecular flexibility index (Phi) is 4.55. The molecule has 0 bridgehead atoms. The lowest BCUT2D eigenvalue weighted by Gasteiger charge is -2.05. The van der Waals surface area contributed by atoms with Gasteiger partial charge < -0.3 is 14.6 Å². The van der Waals surface area contributed by atoms with Crippen LogP contribution in [0.1, 0.15) is 15.2 Å². The van der Waals surface area contributed by atoms with Gasteiger partial charge in [0.05, 0.1) is 31.1 Å². The molecule has 7 nitrogen and oxygen atoms in total. The predicted molar refractivity (Wildman–Crippen MR) is 104 cm³/mol. The number of thiazole rings is 1. The lowest BCUT2D eigenvalue weighted by Crippen LogP contribution is -2.22. The molecule has 1 aromatic carbocycles. The summed E-state index contributed by atoms with van der Waals surface area (Å²) in [5, 5.41) is 3.76. The molecule has 1 N–H and O–H groups in total. The van der Waals surface area contributed by atoms with E-state index >= 15 is 0 Å². The zero-order valence-electron chi connectivity index (χ0n) is 14.8. The summed E-state index contributed by atoms with van der Waals surface area (Å²) >= 11 is 1.52. The van der Waals surface area contributed by atoms with Gasteiger partial charge in [-0.2, -0.15) is 0 Å². The van der Waals surface area contributed by atoms with E-state index in [-0.39, 0.29) is 5.91 Å². The molecule has 8 heteroatoms. The number of benzene rings is 1. The number of hydrogen-bond donors (Lipinski definition) is 1. The van der Waals surface area contributed by atoms with E-state index in [2.05, 4.69) is 20.3 Å². The molecule has 0 fully saturated rings. The Hall–Kier alpha value is -3.26. The fraction of sp³-hybridized carbons (Fsp3) is 0.158. The monoisotopic (exact) mass is 379 g/mol. The molecular formula is C19H17N5O2S. The van der Waals surface area contributed by atoms with Gasteiger partial charge >= 0.3 is 0 Å². The highest BCUT2D eigenvalue weighted by Crippen LogP contribution is 2.32. The van der Waals surface area contributed by atoms with Crippen LogP contribution in [0.15, 0.2) is 49.1 Å². The number of nitrogens with one attached hydrogen (secondary N) is 1. The number of ether oxygens (including phenoxy) is 1. The summed E-state index contributed by atoms with van der Waals surface area (Å²) in [5.41, 5.74) is 2.86. The molecule has 1 amide bonds. The molecule has 4 rings (SSSR count). The van der Waals surface area contributed by atoms with Crippen LogP contribution in [0.25, 0.3) is 21.7 Å². The number of aromatic nitrogens is 4. The Morgan fingerprint density at radius 2 is 2.07 bits per heavy atom. The second-order valence-corrected chi connectivity index (χ2v) is 7.05. The molecule has 0 atom stereocenters. The molecule has 3 aromatic heterocycles. The van der Waals surface area contributed by atoms with Crippen molar-refractivity contribution in [3.63, 3.8) is 0 Å². The van der Waals surface area contributed by atoms with Gasteiger partial charge in [0, 0.05) is 24.3 Å². The topological polar surface area (TPSA) is 81.9 Å². The highest BCUT2D eigenvalue weighted by Gasteiger charge is 2.12. The number of rotatable bonds is 5. The number of fused-ring (bicyclic) bond motifs is 1. The quantitative estimate of drug-likeness (QED) is 0.576. The minimum absolute atomic E-state index is 0.192. The van der Waals surface area contributed by atoms with Gasteiger partial charge in [-0.3, -0.25) is 4.79 Å². The maximum atomic E-state index is 12.4. The standard InChI is InChI=1S/C19H17N5O2S/c1-24-11-23-15-7-12(8-20-17(15)24)18(25)21-9-13-10-22-19(27-13)14-5-3-4-6-16(14)26-2/h3-8,10-11H,9H2,1-2H3,(H,21,25). The Labute approximate surface area is 159 Å². The molecule has 136 valence electrons. The van der Waals surface area contributed by atoms with Crippen LogP contribution in [0, 0.1) is 0 Å². The van der Waals surface area contributed by atoms with Gasteiger partial charge in [-0.1, -0.05) is 12.1 Å². The Morgan fingerprint density at radius 3 is 2.93 bits per heavy atom. The first-order chi connectivity index (χ1) is 13.2. The summed E-state index contributed by atoms with van der Waals surface area (Å²) < 4.78 is 7.20. The van der Waals surface area contributed by atoms with Gasteiger partial charge in [-0.25, -0.2) is 15.0 Å². The summed E-state index contributed by atoms with van der Waals surface area (Å²) in [6.07, 6.45) is 5.01. The first-order valence-corrected chi connectivity index (χ1v) is 9.10. The van der Waals surface area contributed by atoms with E-state index in [0.29, 0.717) is 17.6 Å². The number of pyridine rings is 1. The largest absolute Gasteiger partial charge is 0.496 e. The van der Waals surface area contributed by atoms with Crippen LogP contribution >= 0.6 is 11.3 Å². The summed E-state index contributed by atoms with van der Waals surface area (Å²) in [7, 11) is 3.51. The van der Waals surface area contributed by atoms with Crippen molar-refractivity contribution >= 4 is 28.4 Å². The third-order valence-electron chi connectivity index (χ3n) is 4.13. The van der Waals surface area contributed by atoms with E-state index in [1.165, 1.54) is 11.3 Å². The molecule has 3 heterocycles. The number of hydrogen-bond acceptors (Lipinski definition) is 6. The molecule has 0 saturated heterocycles. The van der Waals surface area contributed by atoms with Crippen LogP contribution in [0.4, 0.5) is 0 Å². The molecule has 4 aromatic rings. The Morgan fingerprint density at radius 1 is 1.22 bits per heavy atom. The lowest BCUT2D eigenvalue weighted by molar-refractivity contribution is 0.0951. The zero-order valence-corrected chi connectivity index (χ0v) is 15.7. The number of carbonyl (C=O) groups excluding carboxylic acids is 1. The molecule has 0 aliphatic carbocycles. The van der Waals surface area contributed by atoms with E-state index in [1.807, 2.05) is 35.9 Å². The number of aryl methyl sites for hydroxylation is 1. The average Bonchev–Trinajstić information content (AvgIpc) is 3.32. The van der Waals surface area contributed by atoms with Crippen molar-refractivity contribution in [1.82, 2.24) is 24.8 Å². The van der Waals surface area contributed by atoms with Crippen molar-refractivity contribution in [2.24, 2.45) is 7.05 Å². The fourth-order valence-corrected chi connectivity index (χ4v) is 3.63. The third kappa shape index (κ3) is 3.39. The van der Waals surface area contributed by atoms with Gasteiger partial charge in [0.2, 0.25) is 0 Å². The second kappa shape index (κ2) is 7.16. The van der Waals surface area contributed by atoms with Crippen LogP contribution in [0.2, 0.25) is 0 Å². The summed E-state index contributed by atoms with van der Waals surface area (Å²) in [6, 6.07) is 9.47. The van der Waals surface area contributed by atoms with Crippen molar-refractivity contribution in [2.75, 3.05) is 7.11 Å². The maximum Gasteiger partial charge on any atom is 0.253 e. The Balaban J connectivity index is 1.47. The van der Waals surface area contributed by atoms with E-state index in [0.717, 1.165) is 26.8 Å². The maximum absolute atomic E-state index is 12.4. The molecule has 0 saturated carbocycles. The summed E-state index contributed by atoms with van der Waals surface area (Å²) in [4.78, 5) is 26.4. The minimum Gasteiger partial charge on any atom is -0.496 e. The van der Waals surface area contributed by atoms with Gasteiger partial charge in [-0.15, -0.1) is 11.3 Å². The van der Waals surface area contributed by atoms with E-state index in [4.69, 9.17) is 4.74 Å². The normalized spacial score (nSPS) is 10.9. The SMILES string of the molecule is COc1ccccc1-c1ncc(CNC(=O)c2cnc3c(c2)ncn3C)s1. The molecule has 27 heavy (non-hydrogen) atoms. The molecule has 0 aliphatic heterocycles. The second-order valence-electron chi connectivity index (χ2n) is 5.94. The van der Waals surface area contributed by atoms with Crippen LogP contribution in [-0.4, -0.2) is 32.5 Å². The average molecular weight is 379 g/mol. The number of nitrogens with zero attached hydrogens (tertiary/aromatic N) is 4. The van der Waals surface area contributed by atoms with Crippen molar-refractivity contribution in [3.05, 3.63) is 59.5 Å². The van der Waals surface area contributed by atoms with Gasteiger partial charge in [0.1, 0.15) is 16.3 Å². The minimum atomic E-state index is -0.192. The molecular weight excluding hydrogens is 362 g/mol. The first-order valence-electron chi connectivity index (χ1n) is 8.29. The van der Waals surface area contributed by atoms with E-state index in [1.54, 1.807) is 31.9 Å². The van der Waals surface area contributed by atoms with Crippen LogP contribution in [-0.2, 0) is 13.6 Å². The van der Waals surface area contributed by atoms with Gasteiger partial charge in [0.25, 0.3) is 5.91 Å². The molecule has 0 spiro atoms. The van der Waals surface area contributed by atoms with Gasteiger partial charge in [0.15, 0.2) is 5.65 Å². The van der Waals surface area contributed by atoms with Crippen LogP contribution < -0.4 is 10.1 Å². The van der Waals surface area contributed by atoms with Crippen LogP contribution in [0.3, 0.4) is 0 Å². The smallest absolute Gasteiger partial charge is 0.253 e. The number of para-hydroxylation sites is 1. The third-order valence-corrected chi connectivity index (χ3v) is 5.16. The Bertz CT molecular complexity index is 1120. The number of methoxy groups -OCH3 is 1. The fourth-order valence-electron chi connectivity index (χ4n) is 2.74. The highest BCUT2D eigenvalue weighted by atomic mass is 32.1. The van der Waals surface area contributed by atoms with Crippen molar-refractivity contribution in [1.29, 1.82) is 0 Å². The van der Waals surface area contributed by atoms with Gasteiger partial charge in [-0.05, 0) is 18.2 Å². The summed E-state index contributed by atoms with van der Waals surface area (Å²) in [5.74, 6) is 0.583. The summed E-state index contributed by atoms with van der Waals surface area (Å²) in [6.45, 7) is 0.395. The van der Waals surface area contributed by atoms with Crippen molar-refractivity contribution in [3.8, 4) is 16.3 Å². The lowest BCUT2D eigenvalue weighted by atomic mass is 10.2. The number of imidazole rings is 1. The number of carbonyl (C=O) groups is 1. The molecule has 0 radical (unpaired) electrons. The predicted octanol–water partition coefficient (Wildman–Crippen LogP) is 3.03. The van der Waals surface area contributed by atoms with Crippen molar-refractivity contribution in [2.45, 2.75) is 6.54 Å². The van der Waals surface area contributed by atoms with Crippen LogP contribution in [0.5, 0.6) is 5.75 Å². The zero-order chi connectivity index (χ0) is 18.8. The molecule has 0 unspecified atom stereocenters. The van der Waals surface area contributed by atoms with E-state index in [9.17, 15) is 4.79 Å². The first kappa shape index (κ1) is 17.2. The van der Waals surface area contributed by atoms with Crippen molar-refractivity contribution < 1.29 is 9.53 Å². The van der Waals surface area contributed by atoms with E-state index < -0.39 is 0 Å². The number of amides is 1.